The van der Waals surface area contributed by atoms with Crippen LogP contribution in [-0.2, 0) is 0 Å². The molecular weight excluding hydrogens is 320 g/mol. The van der Waals surface area contributed by atoms with E-state index in [0.29, 0.717) is 18.0 Å². The van der Waals surface area contributed by atoms with Crippen molar-refractivity contribution < 1.29 is 0 Å². The van der Waals surface area contributed by atoms with Gasteiger partial charge in [0.25, 0.3) is 0 Å². The molecule has 0 amide bonds. The van der Waals surface area contributed by atoms with E-state index >= 15 is 0 Å². The predicted octanol–water partition coefficient (Wildman–Crippen LogP) is 4.28. The summed E-state index contributed by atoms with van der Waals surface area (Å²) in [5.74, 6) is 0.716. The van der Waals surface area contributed by atoms with E-state index in [-0.39, 0.29) is 0 Å². The molecule has 1 N–H and O–H groups in total. The lowest BCUT2D eigenvalue weighted by molar-refractivity contribution is 0.183. The molecule has 1 aliphatic heterocycles. The minimum Gasteiger partial charge on any atom is -0.308 e. The number of hydrogen-bond donors (Lipinski definition) is 1. The Labute approximate surface area is 129 Å². The molecule has 0 bridgehead atoms. The second-order valence-electron chi connectivity index (χ2n) is 5.85. The lowest BCUT2D eigenvalue weighted by Crippen LogP contribution is -2.44. The Hall–Kier alpha value is 0.1000. The van der Waals surface area contributed by atoms with Gasteiger partial charge in [0, 0.05) is 33.4 Å². The third kappa shape index (κ3) is 4.28. The summed E-state index contributed by atoms with van der Waals surface area (Å²) in [6.07, 6.45) is 2.74. The average Bonchev–Trinajstić information content (AvgIpc) is 3.00. The van der Waals surface area contributed by atoms with Gasteiger partial charge in [-0.25, -0.2) is 0 Å². The van der Waals surface area contributed by atoms with E-state index < -0.39 is 0 Å². The molecule has 0 aliphatic carbocycles. The second kappa shape index (κ2) is 7.21. The van der Waals surface area contributed by atoms with Gasteiger partial charge < -0.3 is 5.32 Å². The summed E-state index contributed by atoms with van der Waals surface area (Å²) >= 11 is 5.36. The van der Waals surface area contributed by atoms with Gasteiger partial charge in [-0.15, -0.1) is 11.3 Å². The van der Waals surface area contributed by atoms with Crippen LogP contribution in [0.1, 0.15) is 44.5 Å². The van der Waals surface area contributed by atoms with Crippen molar-refractivity contribution in [3.05, 3.63) is 20.8 Å². The van der Waals surface area contributed by atoms with Gasteiger partial charge in [-0.05, 0) is 60.8 Å². The molecule has 2 atom stereocenters. The van der Waals surface area contributed by atoms with Gasteiger partial charge in [-0.3, -0.25) is 4.90 Å². The van der Waals surface area contributed by atoms with Crippen LogP contribution in [0.3, 0.4) is 0 Å². The van der Waals surface area contributed by atoms with Gasteiger partial charge in [0.1, 0.15) is 0 Å². The van der Waals surface area contributed by atoms with E-state index in [0.717, 1.165) is 6.54 Å². The zero-order valence-electron chi connectivity index (χ0n) is 12.2. The van der Waals surface area contributed by atoms with Crippen molar-refractivity contribution in [3.8, 4) is 0 Å². The predicted molar refractivity (Wildman–Crippen MR) is 87.9 cm³/mol. The Balaban J connectivity index is 1.87. The van der Waals surface area contributed by atoms with Crippen molar-refractivity contribution in [1.82, 2.24) is 10.2 Å². The summed E-state index contributed by atoms with van der Waals surface area (Å²) in [5.41, 5.74) is 0. The van der Waals surface area contributed by atoms with Crippen LogP contribution in [0.4, 0.5) is 0 Å². The second-order valence-corrected chi connectivity index (χ2v) is 7.71. The van der Waals surface area contributed by atoms with Crippen LogP contribution in [0.5, 0.6) is 0 Å². The maximum Gasteiger partial charge on any atom is 0.0387 e. The highest BCUT2D eigenvalue weighted by Crippen LogP contribution is 2.26. The van der Waals surface area contributed by atoms with Crippen LogP contribution >= 0.6 is 27.3 Å². The standard InChI is InChI=1S/C15H25BrN2S/c1-11(2)14(18-6-4-5-7-18)9-17-12(3)15-8-13(16)10-19-15/h8,10-12,14,17H,4-7,9H2,1-3H3. The van der Waals surface area contributed by atoms with Crippen LogP contribution in [0.15, 0.2) is 15.9 Å². The largest absolute Gasteiger partial charge is 0.308 e. The number of hydrogen-bond acceptors (Lipinski definition) is 3. The molecule has 108 valence electrons. The first-order valence-corrected chi connectivity index (χ1v) is 8.96. The smallest absolute Gasteiger partial charge is 0.0387 e. The van der Waals surface area contributed by atoms with Crippen molar-refractivity contribution >= 4 is 27.3 Å². The van der Waals surface area contributed by atoms with Gasteiger partial charge in [-0.1, -0.05) is 13.8 Å². The Bertz CT molecular complexity index is 385. The third-order valence-electron chi connectivity index (χ3n) is 4.03. The number of thiophene rings is 1. The molecule has 0 radical (unpaired) electrons. The molecule has 0 aromatic carbocycles. The average molecular weight is 345 g/mol. The van der Waals surface area contributed by atoms with Crippen LogP contribution in [0.2, 0.25) is 0 Å². The lowest BCUT2D eigenvalue weighted by Gasteiger charge is -2.32. The van der Waals surface area contributed by atoms with E-state index in [1.807, 2.05) is 11.3 Å². The summed E-state index contributed by atoms with van der Waals surface area (Å²) in [7, 11) is 0. The molecule has 1 saturated heterocycles. The van der Waals surface area contributed by atoms with Crippen molar-refractivity contribution in [3.63, 3.8) is 0 Å². The quantitative estimate of drug-likeness (QED) is 0.828. The number of halogens is 1. The molecule has 1 fully saturated rings. The SMILES string of the molecule is CC(NCC(C(C)C)N1CCCC1)c1cc(Br)cs1. The molecule has 2 rings (SSSR count). The molecule has 2 unspecified atom stereocenters. The van der Waals surface area contributed by atoms with Crippen LogP contribution < -0.4 is 5.32 Å². The van der Waals surface area contributed by atoms with E-state index in [4.69, 9.17) is 0 Å². The molecule has 2 nitrogen and oxygen atoms in total. The summed E-state index contributed by atoms with van der Waals surface area (Å²) in [4.78, 5) is 4.07. The van der Waals surface area contributed by atoms with E-state index in [1.54, 1.807) is 0 Å². The highest BCUT2D eigenvalue weighted by molar-refractivity contribution is 9.10. The number of nitrogens with one attached hydrogen (secondary N) is 1. The summed E-state index contributed by atoms with van der Waals surface area (Å²) in [6.45, 7) is 10.6. The minimum absolute atomic E-state index is 0.445. The fourth-order valence-corrected chi connectivity index (χ4v) is 4.29. The van der Waals surface area contributed by atoms with Gasteiger partial charge in [0.2, 0.25) is 0 Å². The van der Waals surface area contributed by atoms with Gasteiger partial charge in [-0.2, -0.15) is 0 Å². The lowest BCUT2D eigenvalue weighted by atomic mass is 10.0. The molecular formula is C15H25BrN2S. The van der Waals surface area contributed by atoms with Crippen LogP contribution in [-0.4, -0.2) is 30.6 Å². The highest BCUT2D eigenvalue weighted by atomic mass is 79.9. The summed E-state index contributed by atoms with van der Waals surface area (Å²) in [6, 6.07) is 3.34. The van der Waals surface area contributed by atoms with E-state index in [2.05, 4.69) is 58.4 Å². The zero-order valence-corrected chi connectivity index (χ0v) is 14.6. The fraction of sp³-hybridized carbons (Fsp3) is 0.733. The van der Waals surface area contributed by atoms with Gasteiger partial charge in [0.15, 0.2) is 0 Å². The summed E-state index contributed by atoms with van der Waals surface area (Å²) in [5, 5.41) is 5.88. The maximum atomic E-state index is 3.72. The highest BCUT2D eigenvalue weighted by Gasteiger charge is 2.24. The number of nitrogens with zero attached hydrogens (tertiary/aromatic N) is 1. The van der Waals surface area contributed by atoms with E-state index in [9.17, 15) is 0 Å². The molecule has 0 spiro atoms. The first-order valence-electron chi connectivity index (χ1n) is 7.29. The van der Waals surface area contributed by atoms with Crippen molar-refractivity contribution in [2.45, 2.75) is 45.7 Å². The normalized spacial score (nSPS) is 20.1. The first-order chi connectivity index (χ1) is 9.08. The topological polar surface area (TPSA) is 15.3 Å². The Morgan fingerprint density at radius 3 is 2.53 bits per heavy atom. The van der Waals surface area contributed by atoms with Crippen LogP contribution in [0, 0.1) is 5.92 Å². The van der Waals surface area contributed by atoms with E-state index in [1.165, 1.54) is 35.3 Å². The molecule has 1 aromatic heterocycles. The Kier molecular flexibility index (Phi) is 5.87. The van der Waals surface area contributed by atoms with Gasteiger partial charge in [0.05, 0.1) is 0 Å². The van der Waals surface area contributed by atoms with Crippen LogP contribution in [0.25, 0.3) is 0 Å². The van der Waals surface area contributed by atoms with Crippen molar-refractivity contribution in [2.24, 2.45) is 5.92 Å². The molecule has 2 heterocycles. The van der Waals surface area contributed by atoms with Crippen molar-refractivity contribution in [1.29, 1.82) is 0 Å². The van der Waals surface area contributed by atoms with Crippen molar-refractivity contribution in [2.75, 3.05) is 19.6 Å². The fourth-order valence-electron chi connectivity index (χ4n) is 2.81. The first kappa shape index (κ1) is 15.5. The molecule has 1 aromatic rings. The minimum atomic E-state index is 0.445. The molecule has 1 aliphatic rings. The van der Waals surface area contributed by atoms with Gasteiger partial charge >= 0.3 is 0 Å². The molecule has 0 saturated carbocycles. The number of rotatable bonds is 6. The summed E-state index contributed by atoms with van der Waals surface area (Å²) < 4.78 is 1.20. The monoisotopic (exact) mass is 344 g/mol. The Morgan fingerprint density at radius 1 is 1.32 bits per heavy atom. The number of likely N-dealkylation sites (tertiary alicyclic amines) is 1. The Morgan fingerprint density at radius 2 is 2.00 bits per heavy atom. The molecule has 19 heavy (non-hydrogen) atoms. The third-order valence-corrected chi connectivity index (χ3v) is 5.90. The zero-order chi connectivity index (χ0) is 13.8. The molecule has 4 heteroatoms. The maximum absolute atomic E-state index is 3.72.